The van der Waals surface area contributed by atoms with Crippen LogP contribution in [0.15, 0.2) is 0 Å². The van der Waals surface area contributed by atoms with Crippen molar-refractivity contribution in [2.45, 2.75) is 33.6 Å². The largest absolute Gasteiger partial charge is 0.464 e. The predicted molar refractivity (Wildman–Crippen MR) is 45.3 cm³/mol. The molecule has 0 fully saturated rings. The summed E-state index contributed by atoms with van der Waals surface area (Å²) in [6.45, 7) is 4.64. The summed E-state index contributed by atoms with van der Waals surface area (Å²) in [6, 6.07) is 0. The van der Waals surface area contributed by atoms with Crippen LogP contribution in [0, 0.1) is 5.41 Å². The molecule has 13 heavy (non-hydrogen) atoms. The van der Waals surface area contributed by atoms with Crippen molar-refractivity contribution in [2.75, 3.05) is 6.61 Å². The lowest BCUT2D eigenvalue weighted by molar-refractivity contribution is -0.161. The van der Waals surface area contributed by atoms with Gasteiger partial charge < -0.3 is 4.74 Å². The van der Waals surface area contributed by atoms with Crippen molar-refractivity contribution in [3.8, 4) is 0 Å². The molecule has 0 aliphatic carbocycles. The second-order valence-corrected chi connectivity index (χ2v) is 3.58. The van der Waals surface area contributed by atoms with Crippen LogP contribution in [0.2, 0.25) is 0 Å². The highest BCUT2D eigenvalue weighted by Crippen LogP contribution is 2.16. The van der Waals surface area contributed by atoms with E-state index in [0.717, 1.165) is 0 Å². The smallest absolute Gasteiger partial charge is 0.364 e. The molecule has 0 aromatic heterocycles. The minimum absolute atomic E-state index is 0.131. The lowest BCUT2D eigenvalue weighted by atomic mass is 9.95. The maximum Gasteiger partial charge on any atom is 0.364 e. The highest BCUT2D eigenvalue weighted by atomic mass is 16.5. The lowest BCUT2D eigenvalue weighted by Gasteiger charge is -2.16. The molecule has 0 rings (SSSR count). The van der Waals surface area contributed by atoms with Gasteiger partial charge in [0.25, 0.3) is 0 Å². The summed E-state index contributed by atoms with van der Waals surface area (Å²) >= 11 is 0. The minimum atomic E-state index is -1.21. The second-order valence-electron chi connectivity index (χ2n) is 3.58. The van der Waals surface area contributed by atoms with Crippen LogP contribution in [-0.4, -0.2) is 18.5 Å². The van der Waals surface area contributed by atoms with Crippen LogP contribution in [0.3, 0.4) is 0 Å². The van der Waals surface area contributed by atoms with Crippen LogP contribution in [0.5, 0.6) is 0 Å². The maximum atomic E-state index is 10.9. The van der Waals surface area contributed by atoms with Gasteiger partial charge in [-0.25, -0.2) is 9.90 Å². The Bertz CT molecular complexity index is 196. The summed E-state index contributed by atoms with van der Waals surface area (Å²) in [6.07, 6.45) is 1.02. The summed E-state index contributed by atoms with van der Waals surface area (Å²) in [5.41, 5.74) is -1.11. The fourth-order valence-electron chi connectivity index (χ4n) is 0.596. The Morgan fingerprint density at radius 2 is 1.85 bits per heavy atom. The van der Waals surface area contributed by atoms with Gasteiger partial charge >= 0.3 is 11.9 Å². The molecule has 4 nitrogen and oxygen atoms in total. The molecule has 0 aliphatic rings. The summed E-state index contributed by atoms with van der Waals surface area (Å²) in [4.78, 5) is 21.4. The number of carbonyl (C=O) groups is 2. The van der Waals surface area contributed by atoms with E-state index in [1.165, 1.54) is 13.8 Å². The van der Waals surface area contributed by atoms with E-state index in [-0.39, 0.29) is 12.6 Å². The van der Waals surface area contributed by atoms with Gasteiger partial charge in [-0.2, -0.15) is 0 Å². The van der Waals surface area contributed by atoms with Crippen molar-refractivity contribution in [2.24, 2.45) is 5.41 Å². The van der Waals surface area contributed by atoms with Gasteiger partial charge in [0.2, 0.25) is 0 Å². The molecule has 0 saturated heterocycles. The summed E-state index contributed by atoms with van der Waals surface area (Å²) in [5, 5.41) is 10.5. The SMILES string of the molecule is CCCC(=O)OCC(C)(C)C([O])=O. The first-order valence-electron chi connectivity index (χ1n) is 4.27. The Morgan fingerprint density at radius 1 is 1.31 bits per heavy atom. The van der Waals surface area contributed by atoms with Crippen LogP contribution >= 0.6 is 0 Å². The van der Waals surface area contributed by atoms with Gasteiger partial charge in [0.15, 0.2) is 0 Å². The van der Waals surface area contributed by atoms with Crippen molar-refractivity contribution < 1.29 is 19.4 Å². The van der Waals surface area contributed by atoms with Gasteiger partial charge in [-0.05, 0) is 20.3 Å². The molecule has 0 aliphatic heterocycles. The van der Waals surface area contributed by atoms with Crippen molar-refractivity contribution in [1.82, 2.24) is 0 Å². The van der Waals surface area contributed by atoms with Crippen LogP contribution in [-0.2, 0) is 19.4 Å². The highest BCUT2D eigenvalue weighted by molar-refractivity contribution is 5.74. The Kier molecular flexibility index (Phi) is 4.45. The van der Waals surface area contributed by atoms with Gasteiger partial charge in [0.1, 0.15) is 12.0 Å². The molecule has 0 atom stereocenters. The fourth-order valence-corrected chi connectivity index (χ4v) is 0.596. The average molecular weight is 187 g/mol. The Labute approximate surface area is 77.9 Å². The van der Waals surface area contributed by atoms with E-state index < -0.39 is 11.4 Å². The third-order valence-electron chi connectivity index (χ3n) is 1.60. The molecule has 4 heteroatoms. The third kappa shape index (κ3) is 4.50. The zero-order chi connectivity index (χ0) is 10.5. The number of hydrogen-bond donors (Lipinski definition) is 0. The molecule has 0 aromatic rings. The van der Waals surface area contributed by atoms with E-state index in [1.807, 2.05) is 6.92 Å². The zero-order valence-corrected chi connectivity index (χ0v) is 8.25. The Morgan fingerprint density at radius 3 is 2.23 bits per heavy atom. The van der Waals surface area contributed by atoms with Crippen LogP contribution < -0.4 is 0 Å². The highest BCUT2D eigenvalue weighted by Gasteiger charge is 2.30. The van der Waals surface area contributed by atoms with E-state index in [0.29, 0.717) is 12.8 Å². The topological polar surface area (TPSA) is 63.3 Å². The van der Waals surface area contributed by atoms with Gasteiger partial charge in [0, 0.05) is 6.42 Å². The molecule has 0 heterocycles. The molecule has 0 bridgehead atoms. The molecule has 0 N–H and O–H groups in total. The van der Waals surface area contributed by atoms with Crippen molar-refractivity contribution in [3.63, 3.8) is 0 Å². The maximum absolute atomic E-state index is 10.9. The van der Waals surface area contributed by atoms with Crippen molar-refractivity contribution >= 4 is 11.9 Å². The average Bonchev–Trinajstić information content (AvgIpc) is 2.01. The first-order valence-corrected chi connectivity index (χ1v) is 4.27. The molecule has 75 valence electrons. The molecule has 1 radical (unpaired) electrons. The molecule has 0 amide bonds. The van der Waals surface area contributed by atoms with E-state index in [9.17, 15) is 14.7 Å². The van der Waals surface area contributed by atoms with E-state index >= 15 is 0 Å². The summed E-state index contributed by atoms with van der Waals surface area (Å²) in [7, 11) is 0. The van der Waals surface area contributed by atoms with Crippen LogP contribution in [0.25, 0.3) is 0 Å². The van der Waals surface area contributed by atoms with Crippen molar-refractivity contribution in [3.05, 3.63) is 0 Å². The van der Waals surface area contributed by atoms with E-state index in [4.69, 9.17) is 4.74 Å². The van der Waals surface area contributed by atoms with Crippen LogP contribution in [0.1, 0.15) is 33.6 Å². The molecule has 0 unspecified atom stereocenters. The number of rotatable bonds is 5. The molecule has 0 spiro atoms. The van der Waals surface area contributed by atoms with Gasteiger partial charge in [-0.1, -0.05) is 6.92 Å². The number of carbonyl (C=O) groups excluding carboxylic acids is 2. The van der Waals surface area contributed by atoms with E-state index in [1.54, 1.807) is 0 Å². The molecular weight excluding hydrogens is 172 g/mol. The second kappa shape index (κ2) is 4.84. The molecule has 0 aromatic carbocycles. The summed E-state index contributed by atoms with van der Waals surface area (Å²) < 4.78 is 4.75. The monoisotopic (exact) mass is 187 g/mol. The number of esters is 1. The number of ether oxygens (including phenoxy) is 1. The molecular formula is C9H15O4. The van der Waals surface area contributed by atoms with E-state index in [2.05, 4.69) is 0 Å². The van der Waals surface area contributed by atoms with Gasteiger partial charge in [0.05, 0.1) is 0 Å². The number of hydrogen-bond acceptors (Lipinski definition) is 3. The normalized spacial score (nSPS) is 11.0. The molecule has 0 saturated carbocycles. The zero-order valence-electron chi connectivity index (χ0n) is 8.25. The standard InChI is InChI=1S/C9H15O4/c1-4-5-7(10)13-6-9(2,3)8(11)12/h4-6H2,1-3H3. The third-order valence-corrected chi connectivity index (χ3v) is 1.60. The van der Waals surface area contributed by atoms with Gasteiger partial charge in [-0.3, -0.25) is 4.79 Å². The van der Waals surface area contributed by atoms with Gasteiger partial charge in [-0.15, -0.1) is 0 Å². The fraction of sp³-hybridized carbons (Fsp3) is 0.778. The first-order chi connectivity index (χ1) is 5.90. The summed E-state index contributed by atoms with van der Waals surface area (Å²) in [5.74, 6) is -1.58. The Balaban J connectivity index is 3.88. The lowest BCUT2D eigenvalue weighted by Crippen LogP contribution is -2.29. The van der Waals surface area contributed by atoms with Crippen LogP contribution in [0.4, 0.5) is 0 Å². The quantitative estimate of drug-likeness (QED) is 0.609. The predicted octanol–water partition coefficient (Wildman–Crippen LogP) is 1.31. The Hall–Kier alpha value is -1.06. The minimum Gasteiger partial charge on any atom is -0.464 e. The first kappa shape index (κ1) is 11.9. The van der Waals surface area contributed by atoms with Crippen molar-refractivity contribution in [1.29, 1.82) is 0 Å².